The zero-order valence-corrected chi connectivity index (χ0v) is 15.6. The normalized spacial score (nSPS) is 15.6. The van der Waals surface area contributed by atoms with Crippen molar-refractivity contribution >= 4 is 28.9 Å². The van der Waals surface area contributed by atoms with Gasteiger partial charge in [0.15, 0.2) is 0 Å². The van der Waals surface area contributed by atoms with Crippen molar-refractivity contribution in [1.29, 1.82) is 0 Å². The molecular formula is C22H19ClN2O2. The molecular weight excluding hydrogens is 360 g/mol. The van der Waals surface area contributed by atoms with Crippen molar-refractivity contribution in [3.63, 3.8) is 0 Å². The van der Waals surface area contributed by atoms with Gasteiger partial charge in [0.05, 0.1) is 6.61 Å². The third-order valence-corrected chi connectivity index (χ3v) is 4.79. The Bertz CT molecular complexity index is 955. The smallest absolute Gasteiger partial charge is 0.260 e. The second-order valence-electron chi connectivity index (χ2n) is 6.24. The van der Waals surface area contributed by atoms with Gasteiger partial charge in [0.2, 0.25) is 0 Å². The lowest BCUT2D eigenvalue weighted by Crippen LogP contribution is -2.32. The molecule has 136 valence electrons. The van der Waals surface area contributed by atoms with E-state index < -0.39 is 0 Å². The predicted molar refractivity (Wildman–Crippen MR) is 109 cm³/mol. The van der Waals surface area contributed by atoms with Crippen molar-refractivity contribution in [2.75, 3.05) is 16.8 Å². The van der Waals surface area contributed by atoms with E-state index in [9.17, 15) is 4.79 Å². The minimum absolute atomic E-state index is 0.0311. The number of benzene rings is 3. The molecule has 0 saturated carbocycles. The second kappa shape index (κ2) is 7.33. The Morgan fingerprint density at radius 1 is 1.00 bits per heavy atom. The van der Waals surface area contributed by atoms with Gasteiger partial charge in [0.1, 0.15) is 11.9 Å². The van der Waals surface area contributed by atoms with Gasteiger partial charge in [0, 0.05) is 27.5 Å². The molecule has 1 atom stereocenters. The van der Waals surface area contributed by atoms with Gasteiger partial charge in [-0.25, -0.2) is 0 Å². The number of hydrogen-bond donors (Lipinski definition) is 1. The van der Waals surface area contributed by atoms with Gasteiger partial charge in [-0.1, -0.05) is 29.8 Å². The van der Waals surface area contributed by atoms with Crippen LogP contribution in [0.3, 0.4) is 0 Å². The molecule has 0 fully saturated rings. The van der Waals surface area contributed by atoms with E-state index in [0.29, 0.717) is 17.2 Å². The van der Waals surface area contributed by atoms with Crippen LogP contribution in [-0.2, 0) is 0 Å². The van der Waals surface area contributed by atoms with Gasteiger partial charge < -0.3 is 10.1 Å². The Kier molecular flexibility index (Phi) is 4.73. The Labute approximate surface area is 163 Å². The standard InChI is InChI=1S/C22H19ClN2O2/c1-2-27-18-13-9-16(10-14-18)24-21-19-5-3-4-6-20(19)22(26)25(21)17-11-7-15(23)8-12-17/h3-14,21,24H,2H2,1H3. The minimum Gasteiger partial charge on any atom is -0.494 e. The number of nitrogens with one attached hydrogen (secondary N) is 1. The summed E-state index contributed by atoms with van der Waals surface area (Å²) in [5.74, 6) is 0.789. The van der Waals surface area contributed by atoms with Crippen LogP contribution in [0.4, 0.5) is 11.4 Å². The highest BCUT2D eigenvalue weighted by Gasteiger charge is 2.37. The van der Waals surface area contributed by atoms with Crippen molar-refractivity contribution in [1.82, 2.24) is 0 Å². The van der Waals surface area contributed by atoms with Crippen molar-refractivity contribution < 1.29 is 9.53 Å². The van der Waals surface area contributed by atoms with Gasteiger partial charge in [0.25, 0.3) is 5.91 Å². The summed E-state index contributed by atoms with van der Waals surface area (Å²) in [5, 5.41) is 4.11. The Hall–Kier alpha value is -2.98. The maximum atomic E-state index is 13.1. The molecule has 0 saturated heterocycles. The number of carbonyl (C=O) groups excluding carboxylic acids is 1. The summed E-state index contributed by atoms with van der Waals surface area (Å²) in [6, 6.07) is 22.7. The molecule has 4 rings (SSSR count). The van der Waals surface area contributed by atoms with Crippen LogP contribution < -0.4 is 15.0 Å². The summed E-state index contributed by atoms with van der Waals surface area (Å²) >= 11 is 6.02. The van der Waals surface area contributed by atoms with E-state index in [-0.39, 0.29) is 12.1 Å². The highest BCUT2D eigenvalue weighted by Crippen LogP contribution is 2.38. The summed E-state index contributed by atoms with van der Waals surface area (Å²) in [5.41, 5.74) is 3.36. The number of anilines is 2. The van der Waals surface area contributed by atoms with E-state index in [1.54, 1.807) is 17.0 Å². The number of rotatable bonds is 5. The van der Waals surface area contributed by atoms with Crippen LogP contribution in [-0.4, -0.2) is 12.5 Å². The first kappa shape index (κ1) is 17.4. The van der Waals surface area contributed by atoms with Crippen LogP contribution >= 0.6 is 11.6 Å². The molecule has 0 bridgehead atoms. The molecule has 1 amide bonds. The summed E-state index contributed by atoms with van der Waals surface area (Å²) in [6.07, 6.45) is -0.298. The van der Waals surface area contributed by atoms with Gasteiger partial charge in [-0.3, -0.25) is 9.69 Å². The van der Waals surface area contributed by atoms with E-state index in [2.05, 4.69) is 5.32 Å². The van der Waals surface area contributed by atoms with Gasteiger partial charge in [-0.2, -0.15) is 0 Å². The number of hydrogen-bond acceptors (Lipinski definition) is 3. The summed E-state index contributed by atoms with van der Waals surface area (Å²) in [6.45, 7) is 2.58. The SMILES string of the molecule is CCOc1ccc(NC2c3ccccc3C(=O)N2c2ccc(Cl)cc2)cc1. The Morgan fingerprint density at radius 3 is 2.41 bits per heavy atom. The molecule has 3 aromatic rings. The monoisotopic (exact) mass is 378 g/mol. The molecule has 0 radical (unpaired) electrons. The zero-order valence-electron chi connectivity index (χ0n) is 14.9. The lowest BCUT2D eigenvalue weighted by Gasteiger charge is -2.27. The molecule has 1 heterocycles. The maximum absolute atomic E-state index is 13.1. The summed E-state index contributed by atoms with van der Waals surface area (Å²) < 4.78 is 5.50. The van der Waals surface area contributed by atoms with Crippen molar-refractivity contribution in [2.45, 2.75) is 13.1 Å². The fourth-order valence-electron chi connectivity index (χ4n) is 3.30. The molecule has 0 aromatic heterocycles. The van der Waals surface area contributed by atoms with E-state index in [1.807, 2.05) is 67.6 Å². The highest BCUT2D eigenvalue weighted by molar-refractivity contribution is 6.30. The molecule has 4 nitrogen and oxygen atoms in total. The third kappa shape index (κ3) is 3.36. The first-order chi connectivity index (χ1) is 13.2. The first-order valence-electron chi connectivity index (χ1n) is 8.85. The molecule has 0 spiro atoms. The number of amides is 1. The van der Waals surface area contributed by atoms with E-state index >= 15 is 0 Å². The molecule has 1 unspecified atom stereocenters. The van der Waals surface area contributed by atoms with Gasteiger partial charge >= 0.3 is 0 Å². The lowest BCUT2D eigenvalue weighted by molar-refractivity contribution is 0.0993. The maximum Gasteiger partial charge on any atom is 0.260 e. The Morgan fingerprint density at radius 2 is 1.70 bits per heavy atom. The number of nitrogens with zero attached hydrogens (tertiary/aromatic N) is 1. The summed E-state index contributed by atoms with van der Waals surface area (Å²) in [4.78, 5) is 14.8. The van der Waals surface area contributed by atoms with Crippen LogP contribution in [0.15, 0.2) is 72.8 Å². The fourth-order valence-corrected chi connectivity index (χ4v) is 3.42. The fraction of sp³-hybridized carbons (Fsp3) is 0.136. The minimum atomic E-state index is -0.298. The number of ether oxygens (including phenoxy) is 1. The second-order valence-corrected chi connectivity index (χ2v) is 6.68. The number of fused-ring (bicyclic) bond motifs is 1. The largest absolute Gasteiger partial charge is 0.494 e. The average molecular weight is 379 g/mol. The molecule has 1 aliphatic rings. The number of halogens is 1. The van der Waals surface area contributed by atoms with Gasteiger partial charge in [-0.05, 0) is 61.5 Å². The Balaban J connectivity index is 1.70. The van der Waals surface area contributed by atoms with E-state index in [0.717, 1.165) is 22.7 Å². The zero-order chi connectivity index (χ0) is 18.8. The molecule has 1 N–H and O–H groups in total. The summed E-state index contributed by atoms with van der Waals surface area (Å²) in [7, 11) is 0. The highest BCUT2D eigenvalue weighted by atomic mass is 35.5. The average Bonchev–Trinajstić information content (AvgIpc) is 2.97. The topological polar surface area (TPSA) is 41.6 Å². The third-order valence-electron chi connectivity index (χ3n) is 4.54. The van der Waals surface area contributed by atoms with Crippen LogP contribution in [0.2, 0.25) is 5.02 Å². The van der Waals surface area contributed by atoms with Crippen LogP contribution in [0.5, 0.6) is 5.75 Å². The number of carbonyl (C=O) groups is 1. The van der Waals surface area contributed by atoms with Crippen LogP contribution in [0.1, 0.15) is 29.0 Å². The quantitative estimate of drug-likeness (QED) is 0.636. The predicted octanol–water partition coefficient (Wildman–Crippen LogP) is 5.51. The molecule has 1 aliphatic heterocycles. The lowest BCUT2D eigenvalue weighted by atomic mass is 10.1. The first-order valence-corrected chi connectivity index (χ1v) is 9.22. The van der Waals surface area contributed by atoms with Crippen molar-refractivity contribution in [3.8, 4) is 5.75 Å². The van der Waals surface area contributed by atoms with Crippen LogP contribution in [0, 0.1) is 0 Å². The van der Waals surface area contributed by atoms with E-state index in [4.69, 9.17) is 16.3 Å². The molecule has 0 aliphatic carbocycles. The molecule has 27 heavy (non-hydrogen) atoms. The van der Waals surface area contributed by atoms with Crippen molar-refractivity contribution in [2.24, 2.45) is 0 Å². The van der Waals surface area contributed by atoms with E-state index in [1.165, 1.54) is 0 Å². The van der Waals surface area contributed by atoms with Gasteiger partial charge in [-0.15, -0.1) is 0 Å². The molecule has 3 aromatic carbocycles. The van der Waals surface area contributed by atoms with Crippen LogP contribution in [0.25, 0.3) is 0 Å². The molecule has 5 heteroatoms. The van der Waals surface area contributed by atoms with Crippen molar-refractivity contribution in [3.05, 3.63) is 88.9 Å².